The van der Waals surface area contributed by atoms with Crippen LogP contribution in [0.15, 0.2) is 66.9 Å². The monoisotopic (exact) mass is 360 g/mol. The van der Waals surface area contributed by atoms with E-state index < -0.39 is 0 Å². The smallest absolute Gasteiger partial charge is 0.229 e. The summed E-state index contributed by atoms with van der Waals surface area (Å²) in [5, 5.41) is 6.82. The Morgan fingerprint density at radius 1 is 0.852 bits per heavy atom. The molecule has 1 aromatic heterocycles. The Morgan fingerprint density at radius 2 is 1.63 bits per heavy atom. The Hall–Kier alpha value is -3.08. The number of nitrogens with one attached hydrogen (secondary N) is 2. The summed E-state index contributed by atoms with van der Waals surface area (Å²) < 4.78 is 6.00. The van der Waals surface area contributed by atoms with E-state index in [0.717, 1.165) is 23.0 Å². The number of aromatic nitrogens is 2. The van der Waals surface area contributed by atoms with Gasteiger partial charge < -0.3 is 15.4 Å². The Labute approximate surface area is 159 Å². The molecule has 0 radical (unpaired) electrons. The predicted octanol–water partition coefficient (Wildman–Crippen LogP) is 5.76. The minimum Gasteiger partial charge on any atom is -0.455 e. The van der Waals surface area contributed by atoms with Crippen molar-refractivity contribution in [3.05, 3.63) is 66.9 Å². The third kappa shape index (κ3) is 4.76. The fourth-order valence-electron chi connectivity index (χ4n) is 3.35. The van der Waals surface area contributed by atoms with E-state index in [9.17, 15) is 0 Å². The lowest BCUT2D eigenvalue weighted by atomic mass is 9.95. The molecule has 1 aliphatic rings. The van der Waals surface area contributed by atoms with Crippen molar-refractivity contribution in [2.45, 2.75) is 38.1 Å². The van der Waals surface area contributed by atoms with Crippen molar-refractivity contribution in [3.8, 4) is 11.5 Å². The molecule has 0 atom stereocenters. The number of anilines is 3. The van der Waals surface area contributed by atoms with Crippen LogP contribution in [0, 0.1) is 0 Å². The molecule has 0 saturated heterocycles. The predicted molar refractivity (Wildman–Crippen MR) is 109 cm³/mol. The van der Waals surface area contributed by atoms with E-state index >= 15 is 0 Å². The van der Waals surface area contributed by atoms with Gasteiger partial charge in [-0.2, -0.15) is 4.98 Å². The highest BCUT2D eigenvalue weighted by Gasteiger charge is 2.14. The van der Waals surface area contributed by atoms with E-state index in [1.807, 2.05) is 60.7 Å². The normalized spacial score (nSPS) is 14.5. The molecule has 2 aromatic carbocycles. The van der Waals surface area contributed by atoms with Crippen molar-refractivity contribution in [2.24, 2.45) is 0 Å². The van der Waals surface area contributed by atoms with E-state index in [1.165, 1.54) is 32.1 Å². The quantitative estimate of drug-likeness (QED) is 0.585. The SMILES string of the molecule is c1ccc(Oc2ccccc2Nc2nccc(NC3CCCCC3)n2)cc1. The zero-order valence-electron chi connectivity index (χ0n) is 15.3. The van der Waals surface area contributed by atoms with Crippen molar-refractivity contribution in [1.82, 2.24) is 9.97 Å². The van der Waals surface area contributed by atoms with E-state index in [1.54, 1.807) is 6.20 Å². The minimum absolute atomic E-state index is 0.509. The molecule has 0 amide bonds. The summed E-state index contributed by atoms with van der Waals surface area (Å²) in [4.78, 5) is 8.98. The number of benzene rings is 2. The molecular weight excluding hydrogens is 336 g/mol. The molecular formula is C22H24N4O. The van der Waals surface area contributed by atoms with Gasteiger partial charge in [0.1, 0.15) is 11.6 Å². The van der Waals surface area contributed by atoms with Crippen molar-refractivity contribution >= 4 is 17.5 Å². The van der Waals surface area contributed by atoms with Gasteiger partial charge >= 0.3 is 0 Å². The number of nitrogens with zero attached hydrogens (tertiary/aromatic N) is 2. The average Bonchev–Trinajstić information content (AvgIpc) is 2.71. The summed E-state index contributed by atoms with van der Waals surface area (Å²) in [5.74, 6) is 2.94. The Bertz CT molecular complexity index is 863. The summed E-state index contributed by atoms with van der Waals surface area (Å²) in [6.45, 7) is 0. The fraction of sp³-hybridized carbons (Fsp3) is 0.273. The molecule has 0 bridgehead atoms. The molecule has 27 heavy (non-hydrogen) atoms. The van der Waals surface area contributed by atoms with Crippen LogP contribution < -0.4 is 15.4 Å². The first-order valence-electron chi connectivity index (χ1n) is 9.55. The van der Waals surface area contributed by atoms with Crippen LogP contribution in [0.3, 0.4) is 0 Å². The average molecular weight is 360 g/mol. The highest BCUT2D eigenvalue weighted by atomic mass is 16.5. The maximum absolute atomic E-state index is 6.00. The van der Waals surface area contributed by atoms with Crippen molar-refractivity contribution in [2.75, 3.05) is 10.6 Å². The van der Waals surface area contributed by atoms with Gasteiger partial charge in [-0.25, -0.2) is 4.98 Å². The molecule has 2 N–H and O–H groups in total. The molecule has 3 aromatic rings. The number of rotatable bonds is 6. The second-order valence-electron chi connectivity index (χ2n) is 6.78. The standard InChI is InChI=1S/C22H24N4O/c1-3-9-17(10-4-1)24-21-15-16-23-22(26-21)25-19-13-7-8-14-20(19)27-18-11-5-2-6-12-18/h2,5-8,11-17H,1,3-4,9-10H2,(H2,23,24,25,26). The second kappa shape index (κ2) is 8.54. The summed E-state index contributed by atoms with van der Waals surface area (Å²) >= 11 is 0. The van der Waals surface area contributed by atoms with E-state index in [2.05, 4.69) is 20.6 Å². The van der Waals surface area contributed by atoms with Crippen molar-refractivity contribution in [1.29, 1.82) is 0 Å². The first kappa shape index (κ1) is 17.3. The minimum atomic E-state index is 0.509. The van der Waals surface area contributed by atoms with Crippen LogP contribution in [0.4, 0.5) is 17.5 Å². The molecule has 0 aliphatic heterocycles. The molecule has 138 valence electrons. The zero-order chi connectivity index (χ0) is 18.3. The molecule has 5 nitrogen and oxygen atoms in total. The van der Waals surface area contributed by atoms with Gasteiger partial charge in [0.05, 0.1) is 5.69 Å². The fourth-order valence-corrected chi connectivity index (χ4v) is 3.35. The molecule has 5 heteroatoms. The highest BCUT2D eigenvalue weighted by molar-refractivity contribution is 5.63. The van der Waals surface area contributed by atoms with Crippen LogP contribution in [-0.4, -0.2) is 16.0 Å². The lowest BCUT2D eigenvalue weighted by Crippen LogP contribution is -2.22. The second-order valence-corrected chi connectivity index (χ2v) is 6.78. The van der Waals surface area contributed by atoms with Gasteiger partial charge in [0.2, 0.25) is 5.95 Å². The lowest BCUT2D eigenvalue weighted by Gasteiger charge is -2.23. The molecule has 0 unspecified atom stereocenters. The van der Waals surface area contributed by atoms with Gasteiger partial charge in [0.25, 0.3) is 0 Å². The molecule has 4 rings (SSSR count). The topological polar surface area (TPSA) is 59.1 Å². The maximum atomic E-state index is 6.00. The third-order valence-electron chi connectivity index (χ3n) is 4.72. The van der Waals surface area contributed by atoms with Crippen molar-refractivity contribution in [3.63, 3.8) is 0 Å². The lowest BCUT2D eigenvalue weighted by molar-refractivity contribution is 0.462. The van der Waals surface area contributed by atoms with E-state index in [-0.39, 0.29) is 0 Å². The van der Waals surface area contributed by atoms with Crippen LogP contribution >= 0.6 is 0 Å². The Balaban J connectivity index is 1.48. The third-order valence-corrected chi connectivity index (χ3v) is 4.72. The summed E-state index contributed by atoms with van der Waals surface area (Å²) in [5.41, 5.74) is 0.830. The first-order valence-corrected chi connectivity index (χ1v) is 9.55. The summed E-state index contributed by atoms with van der Waals surface area (Å²) in [6.07, 6.45) is 8.12. The molecule has 1 aliphatic carbocycles. The summed E-state index contributed by atoms with van der Waals surface area (Å²) in [7, 11) is 0. The van der Waals surface area contributed by atoms with Crippen LogP contribution in [0.5, 0.6) is 11.5 Å². The van der Waals surface area contributed by atoms with Crippen LogP contribution in [0.1, 0.15) is 32.1 Å². The van der Waals surface area contributed by atoms with Gasteiger partial charge in [-0.15, -0.1) is 0 Å². The molecule has 0 spiro atoms. The number of ether oxygens (including phenoxy) is 1. The van der Waals surface area contributed by atoms with E-state index in [0.29, 0.717) is 12.0 Å². The van der Waals surface area contributed by atoms with Gasteiger partial charge in [-0.1, -0.05) is 49.6 Å². The highest BCUT2D eigenvalue weighted by Crippen LogP contribution is 2.31. The first-order chi connectivity index (χ1) is 13.4. The Kier molecular flexibility index (Phi) is 5.48. The number of hydrogen-bond acceptors (Lipinski definition) is 5. The Morgan fingerprint density at radius 3 is 2.48 bits per heavy atom. The van der Waals surface area contributed by atoms with Gasteiger partial charge in [0, 0.05) is 12.2 Å². The van der Waals surface area contributed by atoms with E-state index in [4.69, 9.17) is 4.74 Å². The molecule has 1 heterocycles. The van der Waals surface area contributed by atoms with Crippen molar-refractivity contribution < 1.29 is 4.74 Å². The van der Waals surface area contributed by atoms with Gasteiger partial charge in [-0.3, -0.25) is 0 Å². The van der Waals surface area contributed by atoms with Crippen LogP contribution in [-0.2, 0) is 0 Å². The number of para-hydroxylation sites is 3. The number of hydrogen-bond donors (Lipinski definition) is 2. The molecule has 1 saturated carbocycles. The zero-order valence-corrected chi connectivity index (χ0v) is 15.3. The maximum Gasteiger partial charge on any atom is 0.229 e. The van der Waals surface area contributed by atoms with Gasteiger partial charge in [0.15, 0.2) is 5.75 Å². The molecule has 1 fully saturated rings. The van der Waals surface area contributed by atoms with Crippen LogP contribution in [0.2, 0.25) is 0 Å². The van der Waals surface area contributed by atoms with Crippen LogP contribution in [0.25, 0.3) is 0 Å². The largest absolute Gasteiger partial charge is 0.455 e. The summed E-state index contributed by atoms with van der Waals surface area (Å²) in [6, 6.07) is 20.0. The van der Waals surface area contributed by atoms with Gasteiger partial charge in [-0.05, 0) is 43.2 Å².